The molecule has 1 amide bonds. The number of hydrogen-bond donors (Lipinski definition) is 1. The normalized spacial score (nSPS) is 14.6. The number of thioether (sulfide) groups is 2. The van der Waals surface area contributed by atoms with Gasteiger partial charge in [0.15, 0.2) is 6.61 Å². The fraction of sp³-hybridized carbons (Fsp3) is 0.300. The molecular formula is C20H21NO3S2. The average molecular weight is 388 g/mol. The molecule has 0 unspecified atom stereocenters. The maximum Gasteiger partial charge on any atom is 0.338 e. The summed E-state index contributed by atoms with van der Waals surface area (Å²) in [5.74, 6) is 1.57. The summed E-state index contributed by atoms with van der Waals surface area (Å²) in [5.41, 5.74) is 2.69. The minimum Gasteiger partial charge on any atom is -0.452 e. The van der Waals surface area contributed by atoms with Gasteiger partial charge in [-0.2, -0.15) is 0 Å². The van der Waals surface area contributed by atoms with Gasteiger partial charge in [0.1, 0.15) is 0 Å². The highest BCUT2D eigenvalue weighted by atomic mass is 32.2. The summed E-state index contributed by atoms with van der Waals surface area (Å²) in [5, 5.41) is 2.74. The van der Waals surface area contributed by atoms with Crippen LogP contribution >= 0.6 is 23.5 Å². The maximum atomic E-state index is 12.1. The van der Waals surface area contributed by atoms with Gasteiger partial charge in [0.25, 0.3) is 5.91 Å². The van der Waals surface area contributed by atoms with Gasteiger partial charge in [-0.25, -0.2) is 4.79 Å². The Morgan fingerprint density at radius 2 is 1.69 bits per heavy atom. The molecule has 0 atom stereocenters. The summed E-state index contributed by atoms with van der Waals surface area (Å²) >= 11 is 3.88. The first-order valence-electron chi connectivity index (χ1n) is 8.53. The van der Waals surface area contributed by atoms with Crippen molar-refractivity contribution in [2.75, 3.05) is 18.1 Å². The second-order valence-electron chi connectivity index (χ2n) is 5.89. The highest BCUT2D eigenvalue weighted by Gasteiger charge is 2.17. The van der Waals surface area contributed by atoms with Crippen LogP contribution in [0.1, 0.15) is 32.5 Å². The Labute approximate surface area is 162 Å². The van der Waals surface area contributed by atoms with Crippen molar-refractivity contribution in [1.82, 2.24) is 5.32 Å². The number of carbonyl (C=O) groups is 2. The summed E-state index contributed by atoms with van der Waals surface area (Å²) < 4.78 is 5.54. The molecule has 1 N–H and O–H groups in total. The van der Waals surface area contributed by atoms with Crippen molar-refractivity contribution in [3.63, 3.8) is 0 Å². The van der Waals surface area contributed by atoms with E-state index in [9.17, 15) is 9.59 Å². The van der Waals surface area contributed by atoms with Crippen LogP contribution in [0.5, 0.6) is 0 Å². The summed E-state index contributed by atoms with van der Waals surface area (Å²) in [4.78, 5) is 23.9. The van der Waals surface area contributed by atoms with Gasteiger partial charge in [-0.1, -0.05) is 42.5 Å². The van der Waals surface area contributed by atoms with Crippen LogP contribution in [0.4, 0.5) is 0 Å². The zero-order valence-electron chi connectivity index (χ0n) is 14.4. The van der Waals surface area contributed by atoms with Gasteiger partial charge in [-0.3, -0.25) is 4.79 Å². The molecule has 0 aromatic heterocycles. The van der Waals surface area contributed by atoms with Crippen molar-refractivity contribution in [3.8, 4) is 0 Å². The van der Waals surface area contributed by atoms with Crippen molar-refractivity contribution in [2.45, 2.75) is 17.5 Å². The highest BCUT2D eigenvalue weighted by molar-refractivity contribution is 8.16. The van der Waals surface area contributed by atoms with Crippen LogP contribution in [0.25, 0.3) is 0 Å². The van der Waals surface area contributed by atoms with Crippen LogP contribution < -0.4 is 5.32 Å². The van der Waals surface area contributed by atoms with E-state index < -0.39 is 5.97 Å². The molecule has 1 saturated heterocycles. The molecule has 136 valence electrons. The summed E-state index contributed by atoms with van der Waals surface area (Å²) in [6.45, 7) is 0.143. The van der Waals surface area contributed by atoms with E-state index in [0.29, 0.717) is 16.7 Å². The fourth-order valence-corrected chi connectivity index (χ4v) is 5.41. The first kappa shape index (κ1) is 18.9. The predicted octanol–water partition coefficient (Wildman–Crippen LogP) is 4.03. The second kappa shape index (κ2) is 9.69. The second-order valence-corrected chi connectivity index (χ2v) is 8.61. The molecule has 0 bridgehead atoms. The van der Waals surface area contributed by atoms with Crippen molar-refractivity contribution < 1.29 is 14.3 Å². The lowest BCUT2D eigenvalue weighted by Gasteiger charge is -2.21. The Bertz CT molecular complexity index is 728. The standard InChI is InChI=1S/C20H21NO3S2/c22-18(21-13-15-5-2-1-3-6-15)14-24-19(23)16-7-9-17(10-8-16)20-25-11-4-12-26-20/h1-3,5-10,20H,4,11-14H2,(H,21,22). The average Bonchev–Trinajstić information content (AvgIpc) is 2.72. The number of nitrogens with one attached hydrogen (secondary N) is 1. The van der Waals surface area contributed by atoms with Gasteiger partial charge >= 0.3 is 5.97 Å². The van der Waals surface area contributed by atoms with Crippen molar-refractivity contribution >= 4 is 35.4 Å². The van der Waals surface area contributed by atoms with E-state index in [0.717, 1.165) is 5.56 Å². The monoisotopic (exact) mass is 387 g/mol. The largest absolute Gasteiger partial charge is 0.452 e. The molecule has 2 aromatic carbocycles. The quantitative estimate of drug-likeness (QED) is 0.759. The van der Waals surface area contributed by atoms with E-state index in [4.69, 9.17) is 4.74 Å². The molecule has 0 aliphatic carbocycles. The third kappa shape index (κ3) is 5.54. The van der Waals surface area contributed by atoms with Gasteiger partial charge in [-0.15, -0.1) is 23.5 Å². The molecule has 1 aliphatic heterocycles. The molecule has 3 rings (SSSR count). The van der Waals surface area contributed by atoms with E-state index in [2.05, 4.69) is 5.32 Å². The van der Waals surface area contributed by atoms with Crippen LogP contribution in [0.3, 0.4) is 0 Å². The Morgan fingerprint density at radius 1 is 1.00 bits per heavy atom. The topological polar surface area (TPSA) is 55.4 Å². The minimum atomic E-state index is -0.477. The van der Waals surface area contributed by atoms with Crippen LogP contribution in [-0.4, -0.2) is 30.0 Å². The Morgan fingerprint density at radius 3 is 2.38 bits per heavy atom. The first-order valence-corrected chi connectivity index (χ1v) is 10.6. The smallest absolute Gasteiger partial charge is 0.338 e. The number of amides is 1. The Kier molecular flexibility index (Phi) is 7.03. The van der Waals surface area contributed by atoms with E-state index in [1.54, 1.807) is 12.1 Å². The first-order chi connectivity index (χ1) is 12.7. The predicted molar refractivity (Wildman–Crippen MR) is 107 cm³/mol. The van der Waals surface area contributed by atoms with Crippen LogP contribution in [0.15, 0.2) is 54.6 Å². The molecule has 1 aliphatic rings. The maximum absolute atomic E-state index is 12.1. The highest BCUT2D eigenvalue weighted by Crippen LogP contribution is 2.43. The summed E-state index contributed by atoms with van der Waals surface area (Å²) in [6.07, 6.45) is 1.25. The van der Waals surface area contributed by atoms with Gasteiger partial charge < -0.3 is 10.1 Å². The van der Waals surface area contributed by atoms with E-state index in [-0.39, 0.29) is 12.5 Å². The van der Waals surface area contributed by atoms with Crippen LogP contribution in [0, 0.1) is 0 Å². The molecule has 6 heteroatoms. The number of ether oxygens (including phenoxy) is 1. The molecule has 2 aromatic rings. The minimum absolute atomic E-state index is 0.276. The molecule has 1 fully saturated rings. The van der Waals surface area contributed by atoms with E-state index in [1.807, 2.05) is 66.0 Å². The van der Waals surface area contributed by atoms with E-state index in [1.165, 1.54) is 23.5 Å². The Balaban J connectivity index is 1.44. The Hall–Kier alpha value is -1.92. The zero-order chi connectivity index (χ0) is 18.2. The van der Waals surface area contributed by atoms with Crippen molar-refractivity contribution in [2.24, 2.45) is 0 Å². The third-order valence-corrected chi connectivity index (χ3v) is 6.93. The summed E-state index contributed by atoms with van der Waals surface area (Å²) in [7, 11) is 0. The van der Waals surface area contributed by atoms with E-state index >= 15 is 0 Å². The van der Waals surface area contributed by atoms with Gasteiger partial charge in [0.2, 0.25) is 0 Å². The molecule has 1 heterocycles. The number of benzene rings is 2. The van der Waals surface area contributed by atoms with Crippen LogP contribution in [-0.2, 0) is 16.1 Å². The fourth-order valence-electron chi connectivity index (χ4n) is 2.52. The lowest BCUT2D eigenvalue weighted by Crippen LogP contribution is -2.28. The van der Waals surface area contributed by atoms with Gasteiger partial charge in [0.05, 0.1) is 10.1 Å². The van der Waals surface area contributed by atoms with Gasteiger partial charge in [0, 0.05) is 6.54 Å². The lowest BCUT2D eigenvalue weighted by atomic mass is 10.1. The third-order valence-electron chi connectivity index (χ3n) is 3.91. The molecule has 0 radical (unpaired) electrons. The van der Waals surface area contributed by atoms with Crippen LogP contribution in [0.2, 0.25) is 0 Å². The van der Waals surface area contributed by atoms with Crippen molar-refractivity contribution in [3.05, 3.63) is 71.3 Å². The molecule has 26 heavy (non-hydrogen) atoms. The SMILES string of the molecule is O=C(COC(=O)c1ccc(C2SCCCS2)cc1)NCc1ccccc1. The molecular weight excluding hydrogens is 366 g/mol. The number of hydrogen-bond acceptors (Lipinski definition) is 5. The lowest BCUT2D eigenvalue weighted by molar-refractivity contribution is -0.124. The summed E-state index contributed by atoms with van der Waals surface area (Å²) in [6, 6.07) is 17.1. The number of rotatable bonds is 6. The molecule has 0 spiro atoms. The molecule has 0 saturated carbocycles. The van der Waals surface area contributed by atoms with Gasteiger partial charge in [-0.05, 0) is 41.2 Å². The number of carbonyl (C=O) groups excluding carboxylic acids is 2. The zero-order valence-corrected chi connectivity index (χ0v) is 16.0. The number of esters is 1. The van der Waals surface area contributed by atoms with Crippen molar-refractivity contribution in [1.29, 1.82) is 0 Å². The molecule has 4 nitrogen and oxygen atoms in total.